The van der Waals surface area contributed by atoms with Crippen LogP contribution < -0.4 is 5.32 Å². The molecule has 0 heterocycles. The summed E-state index contributed by atoms with van der Waals surface area (Å²) in [5.41, 5.74) is 13.5. The monoisotopic (exact) mass is 674 g/mol. The minimum absolute atomic E-state index is 0.589. The maximum Gasteiger partial charge on any atom is 0.130 e. The number of hydrogen-bond donors (Lipinski definition) is 1. The summed E-state index contributed by atoms with van der Waals surface area (Å²) in [6.07, 6.45) is 6.71. The van der Waals surface area contributed by atoms with E-state index in [-0.39, 0.29) is 0 Å². The van der Waals surface area contributed by atoms with Crippen LogP contribution >= 0.6 is 0 Å². The summed E-state index contributed by atoms with van der Waals surface area (Å²) in [7, 11) is 0. The van der Waals surface area contributed by atoms with Gasteiger partial charge in [-0.1, -0.05) is 151 Å². The van der Waals surface area contributed by atoms with Crippen molar-refractivity contribution in [3.8, 4) is 56.3 Å². The minimum atomic E-state index is 0.589. The summed E-state index contributed by atoms with van der Waals surface area (Å²) in [4.78, 5) is 4.57. The first kappa shape index (κ1) is 32.9. The summed E-state index contributed by atoms with van der Waals surface area (Å²) in [6, 6.07) is 61.6. The van der Waals surface area contributed by atoms with Gasteiger partial charge in [-0.25, -0.2) is 4.99 Å². The molecule has 0 saturated heterocycles. The molecule has 2 nitrogen and oxygen atoms in total. The van der Waals surface area contributed by atoms with Crippen LogP contribution in [0.2, 0.25) is 0 Å². The lowest BCUT2D eigenvalue weighted by Gasteiger charge is -2.21. The first-order valence-electron chi connectivity index (χ1n) is 17.6. The number of benzene rings is 5. The quantitative estimate of drug-likeness (QED) is 0.120. The molecule has 8 rings (SSSR count). The third kappa shape index (κ3) is 6.77. The molecule has 0 aromatic heterocycles. The zero-order valence-electron chi connectivity index (χ0n) is 29.4. The van der Waals surface area contributed by atoms with E-state index in [2.05, 4.69) is 175 Å². The van der Waals surface area contributed by atoms with Crippen molar-refractivity contribution in [1.29, 1.82) is 0 Å². The van der Waals surface area contributed by atoms with Crippen LogP contribution in [-0.4, -0.2) is 6.72 Å². The van der Waals surface area contributed by atoms with E-state index < -0.39 is 0 Å². The zero-order chi connectivity index (χ0) is 36.0. The lowest BCUT2D eigenvalue weighted by molar-refractivity contribution is 1.28. The van der Waals surface area contributed by atoms with Gasteiger partial charge in [-0.3, -0.25) is 0 Å². The molecule has 1 N–H and O–H groups in total. The van der Waals surface area contributed by atoms with Crippen LogP contribution in [0.1, 0.15) is 17.5 Å². The molecule has 0 unspecified atom stereocenters. The van der Waals surface area contributed by atoms with Crippen LogP contribution in [0.15, 0.2) is 174 Å². The van der Waals surface area contributed by atoms with Crippen molar-refractivity contribution >= 4 is 28.8 Å². The van der Waals surface area contributed by atoms with Gasteiger partial charge in [-0.15, -0.1) is 0 Å². The Morgan fingerprint density at radius 2 is 1.51 bits per heavy atom. The highest BCUT2D eigenvalue weighted by Crippen LogP contribution is 2.45. The van der Waals surface area contributed by atoms with Gasteiger partial charge in [-0.05, 0) is 107 Å². The van der Waals surface area contributed by atoms with Gasteiger partial charge in [0.15, 0.2) is 0 Å². The number of hydrogen-bond acceptors (Lipinski definition) is 2. The number of anilines is 1. The van der Waals surface area contributed by atoms with Crippen molar-refractivity contribution in [1.82, 2.24) is 0 Å². The first-order valence-corrected chi connectivity index (χ1v) is 17.6. The van der Waals surface area contributed by atoms with E-state index >= 15 is 0 Å². The predicted octanol–water partition coefficient (Wildman–Crippen LogP) is 12.4. The first-order chi connectivity index (χ1) is 26.2. The second-order valence-electron chi connectivity index (χ2n) is 12.8. The number of nitrogens with zero attached hydrogens (tertiary/aromatic N) is 1. The maximum atomic E-state index is 4.57. The van der Waals surface area contributed by atoms with Crippen molar-refractivity contribution in [2.24, 2.45) is 4.99 Å². The van der Waals surface area contributed by atoms with E-state index in [1.165, 1.54) is 11.1 Å². The molecule has 0 radical (unpaired) electrons. The molecule has 1 aliphatic carbocycles. The fourth-order valence-electron chi connectivity index (χ4n) is 6.98. The van der Waals surface area contributed by atoms with Crippen molar-refractivity contribution < 1.29 is 0 Å². The summed E-state index contributed by atoms with van der Waals surface area (Å²) < 4.78 is 0. The fraction of sp³-hybridized carbons (Fsp3) is 0.0392. The fourth-order valence-corrected chi connectivity index (χ4v) is 6.98. The average Bonchev–Trinajstić information content (AvgIpc) is 3.23. The number of aliphatic imine (C=N–C) groups is 1. The molecule has 248 valence electrons. The van der Waals surface area contributed by atoms with Gasteiger partial charge < -0.3 is 5.32 Å². The van der Waals surface area contributed by atoms with Crippen LogP contribution in [0.3, 0.4) is 0 Å². The van der Waals surface area contributed by atoms with E-state index in [1.807, 2.05) is 42.5 Å². The molecule has 53 heavy (non-hydrogen) atoms. The molecule has 0 amide bonds. The predicted molar refractivity (Wildman–Crippen MR) is 222 cm³/mol. The number of rotatable bonds is 9. The van der Waals surface area contributed by atoms with Crippen molar-refractivity contribution in [3.05, 3.63) is 205 Å². The molecule has 0 aliphatic heterocycles. The standard InChI is InChI=1S/C51H34N2/c1-36-19-12-14-29-43(36)46-32-17-16-30-44(46)40-27-18-28-42(33-40)50-45-31-15-13-26-41(45)34-48(39-24-10-5-11-25-39)51(50)53-49(52-2)35-47(37-20-6-3-7-21-37)38-22-8-4-9-23-38/h3-6,8,10-17,19-20,24-26,28-35,53H,2,22H2,1H3/b47-38-,49-35+. The lowest BCUT2D eigenvalue weighted by Crippen LogP contribution is -2.03. The third-order valence-electron chi connectivity index (χ3n) is 9.52. The Morgan fingerprint density at radius 1 is 0.736 bits per heavy atom. The van der Waals surface area contributed by atoms with Crippen LogP contribution in [0.4, 0.5) is 5.69 Å². The van der Waals surface area contributed by atoms with Gasteiger partial charge >= 0.3 is 0 Å². The molecule has 0 atom stereocenters. The molecule has 1 aliphatic rings. The molecular formula is C51H34N2. The average molecular weight is 675 g/mol. The molecule has 7 aromatic rings. The van der Waals surface area contributed by atoms with Gasteiger partial charge in [-0.2, -0.15) is 0 Å². The molecule has 0 fully saturated rings. The Bertz CT molecular complexity index is 2630. The molecule has 7 aromatic carbocycles. The van der Waals surface area contributed by atoms with E-state index in [4.69, 9.17) is 0 Å². The van der Waals surface area contributed by atoms with Gasteiger partial charge in [0.2, 0.25) is 0 Å². The summed E-state index contributed by atoms with van der Waals surface area (Å²) >= 11 is 0. The summed E-state index contributed by atoms with van der Waals surface area (Å²) in [5, 5.41) is 6.01. The van der Waals surface area contributed by atoms with E-state index in [9.17, 15) is 0 Å². The van der Waals surface area contributed by atoms with Gasteiger partial charge in [0.25, 0.3) is 0 Å². The van der Waals surface area contributed by atoms with Gasteiger partial charge in [0.1, 0.15) is 5.82 Å². The highest BCUT2D eigenvalue weighted by Gasteiger charge is 2.19. The van der Waals surface area contributed by atoms with Gasteiger partial charge in [0, 0.05) is 33.4 Å². The highest BCUT2D eigenvalue weighted by atomic mass is 15.0. The minimum Gasteiger partial charge on any atom is -0.339 e. The van der Waals surface area contributed by atoms with E-state index in [0.29, 0.717) is 12.2 Å². The highest BCUT2D eigenvalue weighted by molar-refractivity contribution is 6.09. The van der Waals surface area contributed by atoms with Crippen molar-refractivity contribution in [2.45, 2.75) is 13.3 Å². The third-order valence-corrected chi connectivity index (χ3v) is 9.52. The Labute approximate surface area is 312 Å². The molecule has 2 heteroatoms. The molecule has 0 spiro atoms. The van der Waals surface area contributed by atoms with Crippen LogP contribution in [0.25, 0.3) is 60.9 Å². The SMILES string of the molecule is C=N/C(=C\C(=C1\C#CC=CC1)c1c#cccc1)Nc1c(-c2ccccc2)cc2ccccc2c1-c1cc#cc(-c2ccccc2-c2ccccc2C)c1. The number of aryl methyl sites for hydroxylation is 1. The summed E-state index contributed by atoms with van der Waals surface area (Å²) in [6.45, 7) is 6.19. The van der Waals surface area contributed by atoms with Crippen molar-refractivity contribution in [3.63, 3.8) is 0 Å². The Kier molecular flexibility index (Phi) is 9.23. The Balaban J connectivity index is 1.36. The topological polar surface area (TPSA) is 24.4 Å². The van der Waals surface area contributed by atoms with Crippen molar-refractivity contribution in [2.75, 3.05) is 5.32 Å². The van der Waals surface area contributed by atoms with Crippen LogP contribution in [0.5, 0.6) is 0 Å². The smallest absolute Gasteiger partial charge is 0.130 e. The lowest BCUT2D eigenvalue weighted by atomic mass is 9.88. The van der Waals surface area contributed by atoms with E-state index in [1.54, 1.807) is 0 Å². The summed E-state index contributed by atoms with van der Waals surface area (Å²) in [5.74, 6) is 7.04. The Morgan fingerprint density at radius 3 is 2.28 bits per heavy atom. The molecular weight excluding hydrogens is 641 g/mol. The van der Waals surface area contributed by atoms with Gasteiger partial charge in [0.05, 0.1) is 5.69 Å². The number of fused-ring (bicyclic) bond motifs is 1. The molecule has 0 bridgehead atoms. The zero-order valence-corrected chi connectivity index (χ0v) is 29.4. The Hall–Kier alpha value is -7.31. The van der Waals surface area contributed by atoms with Crippen LogP contribution in [-0.2, 0) is 0 Å². The second-order valence-corrected chi connectivity index (χ2v) is 12.8. The largest absolute Gasteiger partial charge is 0.339 e. The number of allylic oxidation sites excluding steroid dienone is 5. The second kappa shape index (κ2) is 14.9. The normalized spacial score (nSPS) is 13.0. The van der Waals surface area contributed by atoms with E-state index in [0.717, 1.165) is 72.1 Å². The maximum absolute atomic E-state index is 4.57. The van der Waals surface area contributed by atoms with Crippen LogP contribution in [0, 0.1) is 43.0 Å². The molecule has 0 saturated carbocycles. The number of nitrogens with one attached hydrogen (secondary N) is 1.